The van der Waals surface area contributed by atoms with Crippen molar-refractivity contribution in [1.82, 2.24) is 0 Å². The quantitative estimate of drug-likeness (QED) is 0.915. The van der Waals surface area contributed by atoms with Crippen molar-refractivity contribution in [2.24, 2.45) is 0 Å². The average molecular weight is 277 g/mol. The maximum atomic E-state index is 11.4. The number of hydrogen-bond donors (Lipinski definition) is 1. The zero-order chi connectivity index (χ0) is 10.6. The highest BCUT2D eigenvalue weighted by molar-refractivity contribution is 9.10. The Hall–Kier alpha value is -0.190. The number of benzene rings is 1. The van der Waals surface area contributed by atoms with Crippen LogP contribution in [0.5, 0.6) is 0 Å². The first-order valence-corrected chi connectivity index (χ1v) is 6.63. The summed E-state index contributed by atoms with van der Waals surface area (Å²) in [5, 5.41) is 9.04. The molecule has 0 aromatic heterocycles. The lowest BCUT2D eigenvalue weighted by molar-refractivity contribution is 0.219. The van der Waals surface area contributed by atoms with Gasteiger partial charge in [0.1, 0.15) is 0 Å². The second-order valence-corrected chi connectivity index (χ2v) is 5.64. The maximum Gasteiger partial charge on any atom is 0.0627 e. The van der Waals surface area contributed by atoms with Crippen LogP contribution in [0.2, 0.25) is 0 Å². The predicted octanol–water partition coefficient (Wildman–Crippen LogP) is 2.08. The summed E-state index contributed by atoms with van der Waals surface area (Å²) in [5.74, 6) is 0.855. The summed E-state index contributed by atoms with van der Waals surface area (Å²) in [6.07, 6.45) is -0.494. The van der Waals surface area contributed by atoms with Crippen molar-refractivity contribution in [3.05, 3.63) is 34.3 Å². The van der Waals surface area contributed by atoms with Crippen LogP contribution in [-0.4, -0.2) is 21.2 Å². The van der Waals surface area contributed by atoms with Crippen LogP contribution in [0.1, 0.15) is 12.5 Å². The molecule has 2 nitrogen and oxygen atoms in total. The summed E-state index contributed by atoms with van der Waals surface area (Å²) < 4.78 is 12.5. The van der Waals surface area contributed by atoms with Gasteiger partial charge in [-0.25, -0.2) is 0 Å². The van der Waals surface area contributed by atoms with Gasteiger partial charge in [-0.3, -0.25) is 4.21 Å². The third kappa shape index (κ3) is 4.35. The lowest BCUT2D eigenvalue weighted by Crippen LogP contribution is -2.13. The van der Waals surface area contributed by atoms with Crippen LogP contribution >= 0.6 is 15.9 Å². The van der Waals surface area contributed by atoms with E-state index in [1.54, 1.807) is 6.92 Å². The van der Waals surface area contributed by atoms with E-state index in [1.165, 1.54) is 0 Å². The van der Waals surface area contributed by atoms with E-state index >= 15 is 0 Å². The summed E-state index contributed by atoms with van der Waals surface area (Å²) in [6, 6.07) is 7.72. The molecule has 0 aliphatic rings. The first-order chi connectivity index (χ1) is 6.58. The fourth-order valence-electron chi connectivity index (χ4n) is 1.09. The van der Waals surface area contributed by atoms with E-state index in [2.05, 4.69) is 15.9 Å². The molecule has 0 spiro atoms. The van der Waals surface area contributed by atoms with Gasteiger partial charge in [0.05, 0.1) is 6.10 Å². The van der Waals surface area contributed by atoms with Crippen LogP contribution in [0, 0.1) is 0 Å². The molecule has 0 bridgehead atoms. The minimum atomic E-state index is -0.973. The molecule has 1 aromatic rings. The third-order valence-electron chi connectivity index (χ3n) is 1.67. The van der Waals surface area contributed by atoms with Gasteiger partial charge in [0.25, 0.3) is 0 Å². The smallest absolute Gasteiger partial charge is 0.0627 e. The van der Waals surface area contributed by atoms with Crippen molar-refractivity contribution in [1.29, 1.82) is 0 Å². The van der Waals surface area contributed by atoms with Gasteiger partial charge < -0.3 is 5.11 Å². The number of aliphatic hydroxyl groups excluding tert-OH is 1. The largest absolute Gasteiger partial charge is 0.392 e. The molecule has 4 heteroatoms. The average Bonchev–Trinajstić information content (AvgIpc) is 2.07. The van der Waals surface area contributed by atoms with Crippen LogP contribution in [0.4, 0.5) is 0 Å². The lowest BCUT2D eigenvalue weighted by Gasteiger charge is -2.04. The molecule has 0 saturated carbocycles. The van der Waals surface area contributed by atoms with E-state index < -0.39 is 16.9 Å². The topological polar surface area (TPSA) is 37.3 Å². The van der Waals surface area contributed by atoms with Crippen molar-refractivity contribution in [2.75, 3.05) is 5.75 Å². The van der Waals surface area contributed by atoms with Crippen molar-refractivity contribution < 1.29 is 9.32 Å². The van der Waals surface area contributed by atoms with Crippen molar-refractivity contribution >= 4 is 26.7 Å². The summed E-state index contributed by atoms with van der Waals surface area (Å²) in [7, 11) is -0.973. The molecular weight excluding hydrogens is 264 g/mol. The highest BCUT2D eigenvalue weighted by Crippen LogP contribution is 2.12. The Morgan fingerprint density at radius 3 is 2.50 bits per heavy atom. The molecule has 0 aliphatic heterocycles. The van der Waals surface area contributed by atoms with E-state index in [0.717, 1.165) is 10.0 Å². The molecule has 1 aromatic carbocycles. The zero-order valence-electron chi connectivity index (χ0n) is 7.94. The second-order valence-electron chi connectivity index (χ2n) is 3.23. The highest BCUT2D eigenvalue weighted by Gasteiger charge is 2.05. The Bertz CT molecular complexity index is 308. The van der Waals surface area contributed by atoms with Gasteiger partial charge in [0.15, 0.2) is 0 Å². The number of hydrogen-bond acceptors (Lipinski definition) is 2. The van der Waals surface area contributed by atoms with Crippen molar-refractivity contribution in [3.63, 3.8) is 0 Å². The van der Waals surface area contributed by atoms with Crippen LogP contribution in [0.3, 0.4) is 0 Å². The SMILES string of the molecule is C[C@H](O)C[S@](=O)Cc1ccc(Br)cc1. The molecule has 1 N–H and O–H groups in total. The summed E-state index contributed by atoms with van der Waals surface area (Å²) in [6.45, 7) is 1.65. The van der Waals surface area contributed by atoms with E-state index in [-0.39, 0.29) is 0 Å². The van der Waals surface area contributed by atoms with Crippen molar-refractivity contribution in [2.45, 2.75) is 18.8 Å². The highest BCUT2D eigenvalue weighted by atomic mass is 79.9. The van der Waals surface area contributed by atoms with E-state index in [1.807, 2.05) is 24.3 Å². The van der Waals surface area contributed by atoms with E-state index in [0.29, 0.717) is 11.5 Å². The fourth-order valence-corrected chi connectivity index (χ4v) is 2.58. The molecule has 0 saturated heterocycles. The van der Waals surface area contributed by atoms with Gasteiger partial charge in [-0.2, -0.15) is 0 Å². The first kappa shape index (κ1) is 11.9. The molecule has 0 unspecified atom stereocenters. The Kier molecular flexibility index (Phi) is 4.78. The Balaban J connectivity index is 2.52. The monoisotopic (exact) mass is 276 g/mol. The van der Waals surface area contributed by atoms with Gasteiger partial charge in [0.2, 0.25) is 0 Å². The molecule has 0 fully saturated rings. The molecular formula is C10H13BrO2S. The molecule has 14 heavy (non-hydrogen) atoms. The minimum Gasteiger partial charge on any atom is -0.392 e. The predicted molar refractivity (Wildman–Crippen MR) is 62.5 cm³/mol. The van der Waals surface area contributed by atoms with Crippen LogP contribution in [0.25, 0.3) is 0 Å². The number of rotatable bonds is 4. The third-order valence-corrected chi connectivity index (χ3v) is 3.71. The van der Waals surface area contributed by atoms with Gasteiger partial charge in [-0.15, -0.1) is 0 Å². The number of aliphatic hydroxyl groups is 1. The van der Waals surface area contributed by atoms with E-state index in [4.69, 9.17) is 5.11 Å². The number of halogens is 1. The van der Waals surface area contributed by atoms with Crippen LogP contribution in [-0.2, 0) is 16.6 Å². The molecule has 2 atom stereocenters. The van der Waals surface area contributed by atoms with Gasteiger partial charge >= 0.3 is 0 Å². The van der Waals surface area contributed by atoms with Crippen LogP contribution < -0.4 is 0 Å². The Morgan fingerprint density at radius 1 is 1.43 bits per heavy atom. The van der Waals surface area contributed by atoms with Gasteiger partial charge in [0, 0.05) is 26.8 Å². The Labute approximate surface area is 94.9 Å². The Morgan fingerprint density at radius 2 is 2.00 bits per heavy atom. The molecule has 0 radical (unpaired) electrons. The minimum absolute atomic E-state index is 0.343. The van der Waals surface area contributed by atoms with E-state index in [9.17, 15) is 4.21 Å². The zero-order valence-corrected chi connectivity index (χ0v) is 10.3. The standard InChI is InChI=1S/C10H13BrO2S/c1-8(12)6-14(13)7-9-2-4-10(11)5-3-9/h2-5,8,12H,6-7H2,1H3/t8-,14-/m0/s1. The summed E-state index contributed by atoms with van der Waals surface area (Å²) in [4.78, 5) is 0. The fraction of sp³-hybridized carbons (Fsp3) is 0.400. The molecule has 0 amide bonds. The lowest BCUT2D eigenvalue weighted by atomic mass is 10.2. The molecule has 0 aliphatic carbocycles. The summed E-state index contributed by atoms with van der Waals surface area (Å²) >= 11 is 3.34. The first-order valence-electron chi connectivity index (χ1n) is 4.35. The van der Waals surface area contributed by atoms with Crippen LogP contribution in [0.15, 0.2) is 28.7 Å². The molecule has 1 rings (SSSR count). The normalized spacial score (nSPS) is 15.1. The maximum absolute atomic E-state index is 11.4. The van der Waals surface area contributed by atoms with Gasteiger partial charge in [-0.1, -0.05) is 28.1 Å². The molecule has 0 heterocycles. The summed E-state index contributed by atoms with van der Waals surface area (Å²) in [5.41, 5.74) is 1.03. The van der Waals surface area contributed by atoms with Crippen molar-refractivity contribution in [3.8, 4) is 0 Å². The second kappa shape index (κ2) is 5.63. The molecule has 78 valence electrons. The van der Waals surface area contributed by atoms with Gasteiger partial charge in [-0.05, 0) is 24.6 Å².